The fourth-order valence-electron chi connectivity index (χ4n) is 2.58. The number of amidine groups is 1. The van der Waals surface area contributed by atoms with Gasteiger partial charge in [-0.3, -0.25) is 5.41 Å². The van der Waals surface area contributed by atoms with Crippen LogP contribution in [0.2, 0.25) is 5.02 Å². The molecule has 1 atom stereocenters. The van der Waals surface area contributed by atoms with E-state index in [1.807, 2.05) is 36.1 Å². The van der Waals surface area contributed by atoms with E-state index in [0.29, 0.717) is 23.0 Å². The van der Waals surface area contributed by atoms with E-state index in [1.165, 1.54) is 12.1 Å². The molecule has 2 aromatic rings. The monoisotopic (exact) mass is 288 g/mol. The molecule has 1 aliphatic heterocycles. The van der Waals surface area contributed by atoms with Crippen molar-refractivity contribution in [1.82, 2.24) is 4.90 Å². The first-order valence-corrected chi connectivity index (χ1v) is 6.83. The summed E-state index contributed by atoms with van der Waals surface area (Å²) >= 11 is 5.90. The molecular weight excluding hydrogens is 275 g/mol. The Balaban J connectivity index is 1.90. The second-order valence-electron chi connectivity index (χ2n) is 5.01. The van der Waals surface area contributed by atoms with Crippen molar-refractivity contribution in [2.75, 3.05) is 0 Å². The van der Waals surface area contributed by atoms with E-state index >= 15 is 0 Å². The molecule has 0 spiro atoms. The van der Waals surface area contributed by atoms with Gasteiger partial charge in [0.2, 0.25) is 0 Å². The minimum atomic E-state index is -0.297. The summed E-state index contributed by atoms with van der Waals surface area (Å²) in [6.45, 7) is 2.68. The number of rotatable bonds is 2. The van der Waals surface area contributed by atoms with E-state index in [0.717, 1.165) is 11.1 Å². The summed E-state index contributed by atoms with van der Waals surface area (Å²) in [5.74, 6) is 0.0800. The number of fused-ring (bicyclic) bond motifs is 1. The molecule has 20 heavy (non-hydrogen) atoms. The van der Waals surface area contributed by atoms with Crippen LogP contribution in [-0.4, -0.2) is 10.7 Å². The van der Waals surface area contributed by atoms with Crippen molar-refractivity contribution in [3.8, 4) is 0 Å². The summed E-state index contributed by atoms with van der Waals surface area (Å²) in [7, 11) is 0. The Morgan fingerprint density at radius 3 is 2.60 bits per heavy atom. The van der Waals surface area contributed by atoms with Gasteiger partial charge in [0.15, 0.2) is 0 Å². The van der Waals surface area contributed by atoms with Crippen LogP contribution in [0.3, 0.4) is 0 Å². The van der Waals surface area contributed by atoms with E-state index in [4.69, 9.17) is 17.0 Å². The second-order valence-corrected chi connectivity index (χ2v) is 5.44. The number of nitrogens with zero attached hydrogens (tertiary/aromatic N) is 1. The van der Waals surface area contributed by atoms with Crippen LogP contribution >= 0.6 is 11.6 Å². The Morgan fingerprint density at radius 2 is 1.90 bits per heavy atom. The Bertz CT molecular complexity index is 667. The average molecular weight is 289 g/mol. The van der Waals surface area contributed by atoms with Gasteiger partial charge in [-0.15, -0.1) is 0 Å². The van der Waals surface area contributed by atoms with E-state index in [-0.39, 0.29) is 11.9 Å². The van der Waals surface area contributed by atoms with Gasteiger partial charge in [-0.05, 0) is 42.3 Å². The van der Waals surface area contributed by atoms with Gasteiger partial charge in [0, 0.05) is 17.1 Å². The van der Waals surface area contributed by atoms with Gasteiger partial charge in [-0.1, -0.05) is 29.8 Å². The lowest BCUT2D eigenvalue weighted by Crippen LogP contribution is -2.27. The van der Waals surface area contributed by atoms with Crippen molar-refractivity contribution >= 4 is 17.4 Å². The Kier molecular flexibility index (Phi) is 3.22. The maximum Gasteiger partial charge on any atom is 0.129 e. The number of nitrogens with one attached hydrogen (secondary N) is 1. The third kappa shape index (κ3) is 2.18. The maximum atomic E-state index is 13.3. The summed E-state index contributed by atoms with van der Waals surface area (Å²) in [6, 6.07) is 12.3. The number of hydrogen-bond acceptors (Lipinski definition) is 1. The van der Waals surface area contributed by atoms with Gasteiger partial charge in [0.1, 0.15) is 11.7 Å². The number of halogens is 2. The van der Waals surface area contributed by atoms with E-state index < -0.39 is 0 Å². The molecule has 1 aliphatic rings. The molecule has 0 saturated heterocycles. The highest BCUT2D eigenvalue weighted by atomic mass is 35.5. The average Bonchev–Trinajstić information content (AvgIpc) is 2.76. The molecule has 2 nitrogen and oxygen atoms in total. The van der Waals surface area contributed by atoms with Gasteiger partial charge in [-0.25, -0.2) is 4.39 Å². The van der Waals surface area contributed by atoms with Gasteiger partial charge in [0.05, 0.1) is 6.04 Å². The fourth-order valence-corrected chi connectivity index (χ4v) is 2.70. The first-order valence-electron chi connectivity index (χ1n) is 6.45. The number of hydrogen-bond donors (Lipinski definition) is 1. The zero-order valence-corrected chi connectivity index (χ0v) is 11.8. The zero-order valence-electron chi connectivity index (χ0n) is 11.0. The molecule has 1 heterocycles. The maximum absolute atomic E-state index is 13.3. The quantitative estimate of drug-likeness (QED) is 0.872. The van der Waals surface area contributed by atoms with Gasteiger partial charge in [0.25, 0.3) is 0 Å². The van der Waals surface area contributed by atoms with E-state index in [2.05, 4.69) is 0 Å². The highest BCUT2D eigenvalue weighted by Crippen LogP contribution is 2.31. The van der Waals surface area contributed by atoms with Crippen molar-refractivity contribution in [1.29, 1.82) is 5.41 Å². The SMILES string of the molecule is CC(c1ccc(Cl)cc1)N1Cc2ccc(F)cc2C1=N. The van der Waals surface area contributed by atoms with Gasteiger partial charge in [-0.2, -0.15) is 0 Å². The number of benzene rings is 2. The molecule has 0 aliphatic carbocycles. The molecule has 0 fully saturated rings. The predicted octanol–water partition coefficient (Wildman–Crippen LogP) is 4.38. The van der Waals surface area contributed by atoms with Crippen LogP contribution in [0.5, 0.6) is 0 Å². The van der Waals surface area contributed by atoms with Crippen LogP contribution in [0, 0.1) is 11.2 Å². The first kappa shape index (κ1) is 13.1. The topological polar surface area (TPSA) is 27.1 Å². The third-order valence-electron chi connectivity index (χ3n) is 3.77. The predicted molar refractivity (Wildman–Crippen MR) is 78.6 cm³/mol. The molecular formula is C16H14ClFN2. The van der Waals surface area contributed by atoms with E-state index in [9.17, 15) is 4.39 Å². The normalized spacial score (nSPS) is 15.3. The van der Waals surface area contributed by atoms with Crippen molar-refractivity contribution < 1.29 is 4.39 Å². The molecule has 102 valence electrons. The van der Waals surface area contributed by atoms with Crippen LogP contribution in [0.4, 0.5) is 4.39 Å². The van der Waals surface area contributed by atoms with Crippen molar-refractivity contribution in [3.63, 3.8) is 0 Å². The molecule has 3 rings (SSSR count). The zero-order chi connectivity index (χ0) is 14.3. The molecule has 0 amide bonds. The molecule has 0 saturated carbocycles. The Hall–Kier alpha value is -1.87. The van der Waals surface area contributed by atoms with Crippen LogP contribution in [0.1, 0.15) is 29.7 Å². The lowest BCUT2D eigenvalue weighted by atomic mass is 10.1. The lowest BCUT2D eigenvalue weighted by molar-refractivity contribution is 0.341. The second kappa shape index (κ2) is 4.91. The summed E-state index contributed by atoms with van der Waals surface area (Å²) in [5.41, 5.74) is 2.77. The fraction of sp³-hybridized carbons (Fsp3) is 0.188. The highest BCUT2D eigenvalue weighted by molar-refractivity contribution is 6.30. The Morgan fingerprint density at radius 1 is 1.20 bits per heavy atom. The van der Waals surface area contributed by atoms with Crippen LogP contribution in [0.15, 0.2) is 42.5 Å². The molecule has 1 N–H and O–H groups in total. The molecule has 0 bridgehead atoms. The summed E-state index contributed by atoms with van der Waals surface area (Å²) in [6.07, 6.45) is 0. The first-order chi connectivity index (χ1) is 9.56. The molecule has 0 aromatic heterocycles. The van der Waals surface area contributed by atoms with Crippen molar-refractivity contribution in [3.05, 3.63) is 70.0 Å². The molecule has 1 unspecified atom stereocenters. The summed E-state index contributed by atoms with van der Waals surface area (Å²) in [5, 5.41) is 8.94. The highest BCUT2D eigenvalue weighted by Gasteiger charge is 2.28. The third-order valence-corrected chi connectivity index (χ3v) is 4.03. The smallest absolute Gasteiger partial charge is 0.129 e. The van der Waals surface area contributed by atoms with Crippen molar-refractivity contribution in [2.24, 2.45) is 0 Å². The summed E-state index contributed by atoms with van der Waals surface area (Å²) < 4.78 is 13.3. The van der Waals surface area contributed by atoms with Gasteiger partial charge < -0.3 is 4.90 Å². The molecule has 4 heteroatoms. The van der Waals surface area contributed by atoms with Crippen molar-refractivity contribution in [2.45, 2.75) is 19.5 Å². The summed E-state index contributed by atoms with van der Waals surface area (Å²) in [4.78, 5) is 1.97. The van der Waals surface area contributed by atoms with Crippen LogP contribution < -0.4 is 0 Å². The van der Waals surface area contributed by atoms with Crippen LogP contribution in [0.25, 0.3) is 0 Å². The molecule has 2 aromatic carbocycles. The largest absolute Gasteiger partial charge is 0.345 e. The van der Waals surface area contributed by atoms with E-state index in [1.54, 1.807) is 6.07 Å². The standard InChI is InChI=1S/C16H14ClFN2/c1-10(11-2-5-13(17)6-3-11)20-9-12-4-7-14(18)8-15(12)16(20)19/h2-8,10,19H,9H2,1H3. The molecule has 0 radical (unpaired) electrons. The minimum Gasteiger partial charge on any atom is -0.345 e. The Labute approximate surface area is 122 Å². The minimum absolute atomic E-state index is 0.0511. The van der Waals surface area contributed by atoms with Gasteiger partial charge >= 0.3 is 0 Å². The van der Waals surface area contributed by atoms with Crippen LogP contribution in [-0.2, 0) is 6.54 Å². The lowest BCUT2D eigenvalue weighted by Gasteiger charge is -2.26.